The van der Waals surface area contributed by atoms with Gasteiger partial charge in [-0.15, -0.1) is 0 Å². The van der Waals surface area contributed by atoms with Crippen molar-refractivity contribution in [2.24, 2.45) is 50.2 Å². The molecule has 5 aliphatic carbocycles. The number of hydrogen-bond donors (Lipinski definition) is 4. The van der Waals surface area contributed by atoms with Crippen LogP contribution < -0.4 is 0 Å². The first kappa shape index (κ1) is 25.8. The van der Waals surface area contributed by atoms with Crippen LogP contribution in [0.3, 0.4) is 0 Å². The quantitative estimate of drug-likeness (QED) is 0.438. The smallest absolute Gasteiger partial charge is 0.162 e. The van der Waals surface area contributed by atoms with Gasteiger partial charge in [0.05, 0.1) is 31.5 Å². The molecule has 1 saturated heterocycles. The first-order chi connectivity index (χ1) is 16.9. The number of aliphatic hydroxyl groups excluding tert-OH is 4. The molecule has 36 heavy (non-hydrogen) atoms. The standard InChI is InChI=1S/C30H48O6/c1-25-10-11-29(15-25)12-18-6-7-20-26(2)13-19(33)23(34)30(16-31,17-32)21(26)8-9-27(20,3)28(18,4)14-22(29)36-24(25)35-5/h6-7,18-24,31-34H,8-17H2,1-5H3. The predicted octanol–water partition coefficient (Wildman–Crippen LogP) is 3.66. The minimum absolute atomic E-state index is 0.0107. The lowest BCUT2D eigenvalue weighted by Crippen LogP contribution is -2.70. The highest BCUT2D eigenvalue weighted by Gasteiger charge is 2.72. The third-order valence-corrected chi connectivity index (χ3v) is 13.6. The van der Waals surface area contributed by atoms with E-state index < -0.39 is 17.6 Å². The number of rotatable bonds is 3. The van der Waals surface area contributed by atoms with Gasteiger partial charge >= 0.3 is 0 Å². The highest BCUT2D eigenvalue weighted by Crippen LogP contribution is 2.75. The van der Waals surface area contributed by atoms with Crippen LogP contribution in [0.25, 0.3) is 0 Å². The third-order valence-electron chi connectivity index (χ3n) is 13.6. The van der Waals surface area contributed by atoms with Crippen LogP contribution in [0, 0.1) is 50.2 Å². The van der Waals surface area contributed by atoms with Crippen LogP contribution in [0.15, 0.2) is 12.2 Å². The van der Waals surface area contributed by atoms with Crippen molar-refractivity contribution < 1.29 is 29.9 Å². The molecule has 1 spiro atoms. The van der Waals surface area contributed by atoms with Gasteiger partial charge in [0.2, 0.25) is 0 Å². The molecule has 0 radical (unpaired) electrons. The molecule has 2 bridgehead atoms. The maximum atomic E-state index is 11.0. The van der Waals surface area contributed by atoms with Crippen molar-refractivity contribution in [1.82, 2.24) is 0 Å². The average Bonchev–Trinajstić information content (AvgIpc) is 3.13. The van der Waals surface area contributed by atoms with Gasteiger partial charge in [-0.2, -0.15) is 0 Å². The molecule has 1 aliphatic heterocycles. The summed E-state index contributed by atoms with van der Waals surface area (Å²) in [6.07, 6.45) is 11.0. The van der Waals surface area contributed by atoms with Crippen LogP contribution in [0.4, 0.5) is 0 Å². The molecular weight excluding hydrogens is 456 g/mol. The molecule has 0 aromatic heterocycles. The lowest BCUT2D eigenvalue weighted by atomic mass is 9.34. The predicted molar refractivity (Wildman–Crippen MR) is 136 cm³/mol. The summed E-state index contributed by atoms with van der Waals surface area (Å²) in [5.41, 5.74) is -1.05. The molecule has 6 heteroatoms. The SMILES string of the molecule is COC1OC2CC3(C)C(C=CC4C5(C)CC(O)C(O)C(CO)(CO)C5CCC43C)CC23CCC1(C)C3. The van der Waals surface area contributed by atoms with E-state index in [0.29, 0.717) is 12.3 Å². The summed E-state index contributed by atoms with van der Waals surface area (Å²) in [5.74, 6) is 0.615. The highest BCUT2D eigenvalue weighted by atomic mass is 16.7. The van der Waals surface area contributed by atoms with Crippen LogP contribution in [0.5, 0.6) is 0 Å². The number of methoxy groups -OCH3 is 1. The molecule has 5 fully saturated rings. The second-order valence-electron chi connectivity index (χ2n) is 15.0. The van der Waals surface area contributed by atoms with E-state index >= 15 is 0 Å². The molecule has 6 aliphatic rings. The summed E-state index contributed by atoms with van der Waals surface area (Å²) in [7, 11) is 1.79. The second kappa shape index (κ2) is 7.79. The number of hydrogen-bond acceptors (Lipinski definition) is 6. The molecule has 204 valence electrons. The van der Waals surface area contributed by atoms with Crippen LogP contribution in [-0.4, -0.2) is 65.4 Å². The molecular formula is C30H48O6. The summed E-state index contributed by atoms with van der Waals surface area (Å²) in [6, 6.07) is 0. The Labute approximate surface area is 216 Å². The monoisotopic (exact) mass is 504 g/mol. The molecule has 4 saturated carbocycles. The summed E-state index contributed by atoms with van der Waals surface area (Å²) < 4.78 is 12.7. The Morgan fingerprint density at radius 1 is 0.917 bits per heavy atom. The third kappa shape index (κ3) is 2.85. The Balaban J connectivity index is 1.40. The van der Waals surface area contributed by atoms with Gasteiger partial charge in [0, 0.05) is 17.9 Å². The molecule has 1 heterocycles. The van der Waals surface area contributed by atoms with Gasteiger partial charge in [-0.25, -0.2) is 0 Å². The van der Waals surface area contributed by atoms with Gasteiger partial charge in [0.25, 0.3) is 0 Å². The largest absolute Gasteiger partial charge is 0.396 e. The Bertz CT molecular complexity index is 932. The summed E-state index contributed by atoms with van der Waals surface area (Å²) in [6.45, 7) is 8.90. The van der Waals surface area contributed by atoms with Gasteiger partial charge < -0.3 is 29.9 Å². The van der Waals surface area contributed by atoms with E-state index in [1.54, 1.807) is 7.11 Å². The highest BCUT2D eigenvalue weighted by molar-refractivity contribution is 5.27. The van der Waals surface area contributed by atoms with Crippen LogP contribution in [0.2, 0.25) is 0 Å². The first-order valence-corrected chi connectivity index (χ1v) is 14.3. The molecule has 0 aromatic rings. The Kier molecular flexibility index (Phi) is 5.57. The van der Waals surface area contributed by atoms with Crippen molar-refractivity contribution in [2.45, 2.75) is 104 Å². The van der Waals surface area contributed by atoms with Gasteiger partial charge in [-0.3, -0.25) is 0 Å². The van der Waals surface area contributed by atoms with E-state index in [1.165, 1.54) is 19.3 Å². The topological polar surface area (TPSA) is 99.4 Å². The minimum atomic E-state index is -1.11. The van der Waals surface area contributed by atoms with Gasteiger partial charge in [-0.05, 0) is 90.8 Å². The number of fused-ring (bicyclic) bond motifs is 6. The normalized spacial score (nSPS) is 59.0. The number of aliphatic hydroxyl groups is 4. The molecule has 12 unspecified atom stereocenters. The second-order valence-corrected chi connectivity index (χ2v) is 15.0. The lowest BCUT2D eigenvalue weighted by Gasteiger charge is -2.71. The van der Waals surface area contributed by atoms with Crippen molar-refractivity contribution in [1.29, 1.82) is 0 Å². The van der Waals surface area contributed by atoms with Gasteiger partial charge in [0.15, 0.2) is 6.29 Å². The lowest BCUT2D eigenvalue weighted by molar-refractivity contribution is -0.297. The summed E-state index contributed by atoms with van der Waals surface area (Å²) in [4.78, 5) is 0. The summed E-state index contributed by atoms with van der Waals surface area (Å²) in [5, 5.41) is 42.9. The van der Waals surface area contributed by atoms with E-state index in [0.717, 1.165) is 25.7 Å². The van der Waals surface area contributed by atoms with E-state index in [4.69, 9.17) is 9.47 Å². The zero-order valence-corrected chi connectivity index (χ0v) is 22.9. The molecule has 0 aromatic carbocycles. The van der Waals surface area contributed by atoms with Gasteiger partial charge in [-0.1, -0.05) is 39.8 Å². The fourth-order valence-electron chi connectivity index (χ4n) is 11.5. The van der Waals surface area contributed by atoms with Crippen molar-refractivity contribution in [3.05, 3.63) is 12.2 Å². The fraction of sp³-hybridized carbons (Fsp3) is 0.933. The van der Waals surface area contributed by atoms with Crippen molar-refractivity contribution in [3.63, 3.8) is 0 Å². The zero-order valence-electron chi connectivity index (χ0n) is 22.9. The van der Waals surface area contributed by atoms with E-state index in [1.807, 2.05) is 0 Å². The van der Waals surface area contributed by atoms with Crippen LogP contribution >= 0.6 is 0 Å². The molecule has 6 nitrogen and oxygen atoms in total. The number of ether oxygens (including phenoxy) is 2. The average molecular weight is 505 g/mol. The van der Waals surface area contributed by atoms with Crippen LogP contribution in [-0.2, 0) is 9.47 Å². The maximum Gasteiger partial charge on any atom is 0.162 e. The molecule has 0 amide bonds. The van der Waals surface area contributed by atoms with E-state index in [9.17, 15) is 20.4 Å². The maximum absolute atomic E-state index is 11.0. The molecule has 12 atom stereocenters. The summed E-state index contributed by atoms with van der Waals surface area (Å²) >= 11 is 0. The molecule has 4 N–H and O–H groups in total. The Morgan fingerprint density at radius 2 is 1.64 bits per heavy atom. The van der Waals surface area contributed by atoms with Gasteiger partial charge in [0.1, 0.15) is 0 Å². The van der Waals surface area contributed by atoms with Crippen molar-refractivity contribution in [2.75, 3.05) is 20.3 Å². The fourth-order valence-corrected chi connectivity index (χ4v) is 11.5. The minimum Gasteiger partial charge on any atom is -0.396 e. The number of allylic oxidation sites excluding steroid dienone is 2. The van der Waals surface area contributed by atoms with E-state index in [-0.39, 0.29) is 64.5 Å². The zero-order chi connectivity index (χ0) is 25.9. The first-order valence-electron chi connectivity index (χ1n) is 14.3. The van der Waals surface area contributed by atoms with Crippen LogP contribution in [0.1, 0.15) is 79.1 Å². The Hall–Kier alpha value is -0.500. The van der Waals surface area contributed by atoms with Crippen molar-refractivity contribution in [3.8, 4) is 0 Å². The Morgan fingerprint density at radius 3 is 2.31 bits per heavy atom. The van der Waals surface area contributed by atoms with Crippen molar-refractivity contribution >= 4 is 0 Å². The molecule has 6 rings (SSSR count). The van der Waals surface area contributed by atoms with E-state index in [2.05, 4.69) is 39.8 Å².